The van der Waals surface area contributed by atoms with Crippen LogP contribution in [0.15, 0.2) is 30.3 Å². The van der Waals surface area contributed by atoms with Gasteiger partial charge in [0, 0.05) is 10.5 Å². The molecule has 4 nitrogen and oxygen atoms in total. The molecule has 2 atom stereocenters. The van der Waals surface area contributed by atoms with Crippen LogP contribution in [-0.2, 0) is 0 Å². The van der Waals surface area contributed by atoms with Crippen LogP contribution in [0.1, 0.15) is 28.8 Å². The third-order valence-electron chi connectivity index (χ3n) is 3.48. The van der Waals surface area contributed by atoms with Gasteiger partial charge >= 0.3 is 0 Å². The molecule has 0 saturated carbocycles. The topological polar surface area (TPSA) is 63.4 Å². The van der Waals surface area contributed by atoms with Crippen molar-refractivity contribution in [3.8, 4) is 0 Å². The van der Waals surface area contributed by atoms with Gasteiger partial charge in [-0.2, -0.15) is 0 Å². The van der Waals surface area contributed by atoms with E-state index >= 15 is 0 Å². The van der Waals surface area contributed by atoms with E-state index in [0.29, 0.717) is 11.1 Å². The van der Waals surface area contributed by atoms with Crippen LogP contribution < -0.4 is 0 Å². The smallest absolute Gasteiger partial charge is 0.268 e. The average molecular weight is 229 g/mol. The molecule has 2 unspecified atom stereocenters. The van der Waals surface area contributed by atoms with Gasteiger partial charge in [0.2, 0.25) is 0 Å². The van der Waals surface area contributed by atoms with Crippen molar-refractivity contribution in [2.24, 2.45) is 0 Å². The average Bonchev–Trinajstić information content (AvgIpc) is 2.60. The number of nitro groups is 1. The normalized spacial score (nSPS) is 22.0. The van der Waals surface area contributed by atoms with Crippen LogP contribution in [0, 0.1) is 17.0 Å². The molecule has 0 radical (unpaired) electrons. The van der Waals surface area contributed by atoms with Crippen LogP contribution >= 0.6 is 0 Å². The molecule has 0 spiro atoms. The number of aliphatic hydroxyl groups excluding tert-OH is 1. The van der Waals surface area contributed by atoms with Gasteiger partial charge in [-0.25, -0.2) is 0 Å². The Hall–Kier alpha value is -1.94. The van der Waals surface area contributed by atoms with E-state index in [0.717, 1.165) is 16.3 Å². The highest BCUT2D eigenvalue weighted by atomic mass is 16.6. The Morgan fingerprint density at radius 2 is 2.06 bits per heavy atom. The quantitative estimate of drug-likeness (QED) is 0.603. The highest BCUT2D eigenvalue weighted by molar-refractivity contribution is 5.92. The summed E-state index contributed by atoms with van der Waals surface area (Å²) in [5, 5.41) is 23.0. The lowest BCUT2D eigenvalue weighted by Crippen LogP contribution is -2.15. The summed E-state index contributed by atoms with van der Waals surface area (Å²) in [6, 6.07) is 8.28. The van der Waals surface area contributed by atoms with E-state index in [9.17, 15) is 15.2 Å². The van der Waals surface area contributed by atoms with Crippen LogP contribution in [0.4, 0.5) is 0 Å². The molecule has 1 N–H and O–H groups in total. The molecule has 3 rings (SSSR count). The predicted molar refractivity (Wildman–Crippen MR) is 63.4 cm³/mol. The van der Waals surface area contributed by atoms with Gasteiger partial charge in [-0.05, 0) is 28.8 Å². The third-order valence-corrected chi connectivity index (χ3v) is 3.48. The maximum absolute atomic E-state index is 11.1. The van der Waals surface area contributed by atoms with E-state index in [2.05, 4.69) is 0 Å². The summed E-state index contributed by atoms with van der Waals surface area (Å²) in [4.78, 5) is 10.7. The number of aliphatic hydroxyl groups is 1. The number of aryl methyl sites for hydroxylation is 1. The second-order valence-corrected chi connectivity index (χ2v) is 4.42. The second kappa shape index (κ2) is 3.28. The van der Waals surface area contributed by atoms with Crippen LogP contribution in [0.5, 0.6) is 0 Å². The molecule has 0 fully saturated rings. The standard InChI is InChI=1S/C13H11NO3/c1-7-5-6-8-3-2-4-9-11(8)10(7)12(13(9)15)14(16)17/h2-6,12-13,15H,1H3. The number of hydrogen-bond acceptors (Lipinski definition) is 3. The molecule has 1 aliphatic carbocycles. The van der Waals surface area contributed by atoms with Crippen molar-refractivity contribution in [2.45, 2.75) is 19.1 Å². The second-order valence-electron chi connectivity index (χ2n) is 4.42. The summed E-state index contributed by atoms with van der Waals surface area (Å²) in [7, 11) is 0. The van der Waals surface area contributed by atoms with Crippen LogP contribution in [-0.4, -0.2) is 10.0 Å². The summed E-state index contributed by atoms with van der Waals surface area (Å²) >= 11 is 0. The number of benzene rings is 2. The molecule has 0 saturated heterocycles. The molecule has 17 heavy (non-hydrogen) atoms. The van der Waals surface area contributed by atoms with Crippen LogP contribution in [0.3, 0.4) is 0 Å². The maximum Gasteiger partial charge on any atom is 0.268 e. The zero-order chi connectivity index (χ0) is 12.2. The van der Waals surface area contributed by atoms with Crippen molar-refractivity contribution < 1.29 is 10.0 Å². The lowest BCUT2D eigenvalue weighted by molar-refractivity contribution is -0.541. The summed E-state index contributed by atoms with van der Waals surface area (Å²) in [6.07, 6.45) is -1.04. The van der Waals surface area contributed by atoms with E-state index in [4.69, 9.17) is 0 Å². The highest BCUT2D eigenvalue weighted by Gasteiger charge is 2.42. The lowest BCUT2D eigenvalue weighted by Gasteiger charge is -2.09. The molecule has 2 aromatic rings. The molecular formula is C13H11NO3. The Bertz CT molecular complexity index is 636. The Morgan fingerprint density at radius 3 is 2.76 bits per heavy atom. The zero-order valence-corrected chi connectivity index (χ0v) is 9.25. The minimum atomic E-state index is -1.04. The van der Waals surface area contributed by atoms with Crippen molar-refractivity contribution in [2.75, 3.05) is 0 Å². The number of hydrogen-bond donors (Lipinski definition) is 1. The van der Waals surface area contributed by atoms with Crippen LogP contribution in [0.25, 0.3) is 10.8 Å². The minimum absolute atomic E-state index is 0.396. The van der Waals surface area contributed by atoms with E-state index in [-0.39, 0.29) is 0 Å². The number of rotatable bonds is 1. The van der Waals surface area contributed by atoms with Crippen molar-refractivity contribution in [1.82, 2.24) is 0 Å². The molecule has 2 aromatic carbocycles. The summed E-state index contributed by atoms with van der Waals surface area (Å²) in [5.74, 6) is 0. The van der Waals surface area contributed by atoms with Gasteiger partial charge in [-0.1, -0.05) is 30.3 Å². The summed E-state index contributed by atoms with van der Waals surface area (Å²) < 4.78 is 0. The Morgan fingerprint density at radius 1 is 1.29 bits per heavy atom. The fourth-order valence-corrected chi connectivity index (χ4v) is 2.72. The fraction of sp³-hybridized carbons (Fsp3) is 0.231. The van der Waals surface area contributed by atoms with Gasteiger partial charge in [-0.3, -0.25) is 10.1 Å². The Balaban J connectivity index is 2.44. The van der Waals surface area contributed by atoms with Gasteiger partial charge in [0.1, 0.15) is 0 Å². The first-order valence-corrected chi connectivity index (χ1v) is 5.45. The van der Waals surface area contributed by atoms with Crippen molar-refractivity contribution in [3.63, 3.8) is 0 Å². The lowest BCUT2D eigenvalue weighted by atomic mass is 10.00. The first-order chi connectivity index (χ1) is 8.11. The van der Waals surface area contributed by atoms with Gasteiger partial charge in [0.05, 0.1) is 0 Å². The van der Waals surface area contributed by atoms with E-state index in [1.165, 1.54) is 0 Å². The SMILES string of the molecule is Cc1ccc2cccc3c2c1C([N+](=O)[O-])C3O. The van der Waals surface area contributed by atoms with Crippen LogP contribution in [0.2, 0.25) is 0 Å². The summed E-state index contributed by atoms with van der Waals surface area (Å²) in [6.45, 7) is 1.85. The fourth-order valence-electron chi connectivity index (χ4n) is 2.72. The molecule has 0 bridgehead atoms. The van der Waals surface area contributed by atoms with Crippen molar-refractivity contribution in [3.05, 3.63) is 57.1 Å². The van der Waals surface area contributed by atoms with Gasteiger partial charge in [0.15, 0.2) is 6.10 Å². The van der Waals surface area contributed by atoms with Gasteiger partial charge in [0.25, 0.3) is 6.04 Å². The Kier molecular flexibility index (Phi) is 1.97. The predicted octanol–water partition coefficient (Wildman–Crippen LogP) is 2.51. The van der Waals surface area contributed by atoms with E-state index < -0.39 is 17.1 Å². The molecule has 4 heteroatoms. The maximum atomic E-state index is 11.1. The van der Waals surface area contributed by atoms with Gasteiger partial charge < -0.3 is 5.11 Å². The molecule has 86 valence electrons. The third kappa shape index (κ3) is 1.21. The first kappa shape index (κ1) is 10.2. The minimum Gasteiger partial charge on any atom is -0.381 e. The van der Waals surface area contributed by atoms with E-state index in [1.807, 2.05) is 31.2 Å². The number of nitrogens with zero attached hydrogens (tertiary/aromatic N) is 1. The molecule has 1 aliphatic rings. The summed E-state index contributed by atoms with van der Waals surface area (Å²) in [5.41, 5.74) is 2.20. The molecule has 0 amide bonds. The molecule has 0 aliphatic heterocycles. The first-order valence-electron chi connectivity index (χ1n) is 5.45. The molecule has 0 aromatic heterocycles. The highest BCUT2D eigenvalue weighted by Crippen LogP contribution is 2.46. The van der Waals surface area contributed by atoms with Crippen molar-refractivity contribution in [1.29, 1.82) is 0 Å². The van der Waals surface area contributed by atoms with Gasteiger partial charge in [-0.15, -0.1) is 0 Å². The van der Waals surface area contributed by atoms with E-state index in [1.54, 1.807) is 6.07 Å². The monoisotopic (exact) mass is 229 g/mol. The Labute approximate surface area is 97.6 Å². The zero-order valence-electron chi connectivity index (χ0n) is 9.25. The molecule has 0 heterocycles. The molecular weight excluding hydrogens is 218 g/mol. The largest absolute Gasteiger partial charge is 0.381 e. The van der Waals surface area contributed by atoms with Crippen molar-refractivity contribution >= 4 is 10.8 Å².